The van der Waals surface area contributed by atoms with E-state index in [1.165, 1.54) is 12.1 Å². The molecule has 1 aromatic carbocycles. The molecule has 2 aliphatic heterocycles. The molecule has 3 N–H and O–H groups in total. The lowest BCUT2D eigenvalue weighted by Crippen LogP contribution is -2.46. The Balaban J connectivity index is 1.81. The molecular formula is C21H26FN5OS. The van der Waals surface area contributed by atoms with Gasteiger partial charge in [-0.05, 0) is 57.5 Å². The molecule has 0 bridgehead atoms. The summed E-state index contributed by atoms with van der Waals surface area (Å²) in [7, 11) is 0. The number of rotatable bonds is 5. The molecule has 154 valence electrons. The number of piperidine rings is 1. The zero-order valence-corrected chi connectivity index (χ0v) is 17.4. The Morgan fingerprint density at radius 2 is 2.00 bits per heavy atom. The zero-order valence-electron chi connectivity index (χ0n) is 16.6. The average molecular weight is 416 g/mol. The summed E-state index contributed by atoms with van der Waals surface area (Å²) >= 11 is 1.62. The minimum Gasteiger partial charge on any atom is -0.349 e. The molecule has 0 saturated carbocycles. The number of halogens is 1. The van der Waals surface area contributed by atoms with E-state index in [0.717, 1.165) is 42.1 Å². The molecule has 0 radical (unpaired) electrons. The molecule has 1 fully saturated rings. The van der Waals surface area contributed by atoms with Crippen molar-refractivity contribution in [3.05, 3.63) is 59.6 Å². The average Bonchev–Trinajstić information content (AvgIpc) is 3.36. The van der Waals surface area contributed by atoms with Crippen LogP contribution in [-0.4, -0.2) is 45.9 Å². The molecule has 2 aliphatic rings. The maximum atomic E-state index is 13.5. The van der Waals surface area contributed by atoms with Gasteiger partial charge in [-0.15, -0.1) is 0 Å². The van der Waals surface area contributed by atoms with Crippen LogP contribution in [0.15, 0.2) is 42.5 Å². The molecule has 1 atom stereocenters. The summed E-state index contributed by atoms with van der Waals surface area (Å²) in [6.07, 6.45) is 5.40. The Bertz CT molecular complexity index is 875. The first-order chi connectivity index (χ1) is 14.0. The molecule has 0 spiro atoms. The number of nitrogens with one attached hydrogen (secondary N) is 3. The summed E-state index contributed by atoms with van der Waals surface area (Å²) in [6.45, 7) is 5.76. The number of H-pyrrole nitrogens is 1. The molecule has 4 rings (SSSR count). The molecular weight excluding hydrogens is 389 g/mol. The van der Waals surface area contributed by atoms with Gasteiger partial charge in [-0.2, -0.15) is 0 Å². The number of aromatic nitrogens is 2. The first-order valence-corrected chi connectivity index (χ1v) is 10.9. The van der Waals surface area contributed by atoms with Crippen molar-refractivity contribution in [3.8, 4) is 0 Å². The standard InChI is InChI=1S/C21H26FN5OS/c1-13(2)26-20(28)18-19(14-3-5-15(22)6-4-14)29-21(17-11-24-12-25-17)27(18)16-7-9-23-10-8-16/h3-6,11-13,16,21,23H,7-10H2,1-2H3,(H,24,25)(H,26,28). The minimum absolute atomic E-state index is 0.0237. The second-order valence-electron chi connectivity index (χ2n) is 7.68. The highest BCUT2D eigenvalue weighted by molar-refractivity contribution is 8.08. The van der Waals surface area contributed by atoms with Crippen molar-refractivity contribution in [2.75, 3.05) is 13.1 Å². The maximum absolute atomic E-state index is 13.5. The number of aromatic amines is 1. The summed E-state index contributed by atoms with van der Waals surface area (Å²) in [5.41, 5.74) is 2.48. The van der Waals surface area contributed by atoms with Gasteiger partial charge in [0.1, 0.15) is 16.9 Å². The van der Waals surface area contributed by atoms with Crippen molar-refractivity contribution in [1.29, 1.82) is 0 Å². The fourth-order valence-electron chi connectivity index (χ4n) is 3.89. The lowest BCUT2D eigenvalue weighted by Gasteiger charge is -2.38. The van der Waals surface area contributed by atoms with Crippen LogP contribution in [0.2, 0.25) is 0 Å². The quantitative estimate of drug-likeness (QED) is 0.699. The number of nitrogens with zero attached hydrogens (tertiary/aromatic N) is 2. The Morgan fingerprint density at radius 1 is 1.28 bits per heavy atom. The van der Waals surface area contributed by atoms with E-state index in [2.05, 4.69) is 25.5 Å². The molecule has 29 heavy (non-hydrogen) atoms. The van der Waals surface area contributed by atoms with E-state index in [1.54, 1.807) is 30.2 Å². The molecule has 1 amide bonds. The van der Waals surface area contributed by atoms with Crippen LogP contribution in [-0.2, 0) is 4.79 Å². The number of thioether (sulfide) groups is 1. The third kappa shape index (κ3) is 4.18. The molecule has 3 heterocycles. The second-order valence-corrected chi connectivity index (χ2v) is 8.77. The fraction of sp³-hybridized carbons (Fsp3) is 0.429. The van der Waals surface area contributed by atoms with Gasteiger partial charge < -0.3 is 20.5 Å². The Morgan fingerprint density at radius 3 is 2.62 bits per heavy atom. The van der Waals surface area contributed by atoms with Crippen molar-refractivity contribution in [2.24, 2.45) is 0 Å². The number of hydrogen-bond donors (Lipinski definition) is 3. The van der Waals surface area contributed by atoms with Gasteiger partial charge in [-0.25, -0.2) is 9.37 Å². The van der Waals surface area contributed by atoms with Crippen LogP contribution in [0.4, 0.5) is 4.39 Å². The predicted molar refractivity (Wildman–Crippen MR) is 113 cm³/mol. The van der Waals surface area contributed by atoms with Crippen molar-refractivity contribution in [3.63, 3.8) is 0 Å². The normalized spacial score (nSPS) is 20.6. The fourth-order valence-corrected chi connectivity index (χ4v) is 5.34. The van der Waals surface area contributed by atoms with E-state index in [-0.39, 0.29) is 29.2 Å². The maximum Gasteiger partial charge on any atom is 0.269 e. The van der Waals surface area contributed by atoms with Gasteiger partial charge in [0.05, 0.1) is 18.2 Å². The summed E-state index contributed by atoms with van der Waals surface area (Å²) in [5, 5.41) is 6.39. The van der Waals surface area contributed by atoms with Gasteiger partial charge in [-0.3, -0.25) is 4.79 Å². The molecule has 0 aliphatic carbocycles. The van der Waals surface area contributed by atoms with Gasteiger partial charge in [0.15, 0.2) is 0 Å². The third-order valence-electron chi connectivity index (χ3n) is 5.18. The van der Waals surface area contributed by atoms with Crippen LogP contribution in [0.1, 0.15) is 43.3 Å². The van der Waals surface area contributed by atoms with Crippen molar-refractivity contribution in [2.45, 2.75) is 44.1 Å². The highest BCUT2D eigenvalue weighted by atomic mass is 32.2. The topological polar surface area (TPSA) is 73.0 Å². The summed E-state index contributed by atoms with van der Waals surface area (Å²) < 4.78 is 13.5. The van der Waals surface area contributed by atoms with Crippen LogP contribution >= 0.6 is 11.8 Å². The summed E-state index contributed by atoms with van der Waals surface area (Å²) in [5.74, 6) is -0.377. The Hall–Kier alpha value is -2.32. The van der Waals surface area contributed by atoms with Gasteiger partial charge in [0.2, 0.25) is 0 Å². The van der Waals surface area contributed by atoms with E-state index in [9.17, 15) is 9.18 Å². The van der Waals surface area contributed by atoms with Gasteiger partial charge in [-0.1, -0.05) is 23.9 Å². The van der Waals surface area contributed by atoms with Gasteiger partial charge in [0.25, 0.3) is 5.91 Å². The molecule has 8 heteroatoms. The number of imidazole rings is 1. The van der Waals surface area contributed by atoms with Crippen LogP contribution in [0, 0.1) is 5.82 Å². The highest BCUT2D eigenvalue weighted by Crippen LogP contribution is 2.53. The number of benzene rings is 1. The Kier molecular flexibility index (Phi) is 5.91. The highest BCUT2D eigenvalue weighted by Gasteiger charge is 2.42. The lowest BCUT2D eigenvalue weighted by atomic mass is 10.0. The monoisotopic (exact) mass is 415 g/mol. The van der Waals surface area contributed by atoms with E-state index < -0.39 is 0 Å². The number of amides is 1. The van der Waals surface area contributed by atoms with Crippen molar-refractivity contribution < 1.29 is 9.18 Å². The molecule has 1 saturated heterocycles. The number of carbonyl (C=O) groups is 1. The smallest absolute Gasteiger partial charge is 0.269 e. The third-order valence-corrected chi connectivity index (χ3v) is 6.55. The first-order valence-electron chi connectivity index (χ1n) is 9.99. The molecule has 1 unspecified atom stereocenters. The van der Waals surface area contributed by atoms with E-state index in [1.807, 2.05) is 20.0 Å². The number of hydrogen-bond acceptors (Lipinski definition) is 5. The predicted octanol–water partition coefficient (Wildman–Crippen LogP) is 3.24. The lowest BCUT2D eigenvalue weighted by molar-refractivity contribution is -0.119. The second kappa shape index (κ2) is 8.59. The van der Waals surface area contributed by atoms with Crippen LogP contribution in [0.3, 0.4) is 0 Å². The van der Waals surface area contributed by atoms with Crippen molar-refractivity contribution >= 4 is 22.6 Å². The van der Waals surface area contributed by atoms with E-state index >= 15 is 0 Å². The van der Waals surface area contributed by atoms with E-state index in [0.29, 0.717) is 5.70 Å². The molecule has 6 nitrogen and oxygen atoms in total. The van der Waals surface area contributed by atoms with E-state index in [4.69, 9.17) is 0 Å². The SMILES string of the molecule is CC(C)NC(=O)C1=C(c2ccc(F)cc2)SC(c2cnc[nH]2)N1C1CCNCC1. The van der Waals surface area contributed by atoms with Gasteiger partial charge in [0, 0.05) is 17.0 Å². The summed E-state index contributed by atoms with van der Waals surface area (Å²) in [6, 6.07) is 6.64. The van der Waals surface area contributed by atoms with Gasteiger partial charge >= 0.3 is 0 Å². The summed E-state index contributed by atoms with van der Waals surface area (Å²) in [4.78, 5) is 23.9. The zero-order chi connectivity index (χ0) is 20.4. The van der Waals surface area contributed by atoms with Crippen LogP contribution in [0.5, 0.6) is 0 Å². The van der Waals surface area contributed by atoms with Crippen LogP contribution in [0.25, 0.3) is 4.91 Å². The Labute approximate surface area is 174 Å². The molecule has 1 aromatic heterocycles. The van der Waals surface area contributed by atoms with Crippen molar-refractivity contribution in [1.82, 2.24) is 25.5 Å². The largest absolute Gasteiger partial charge is 0.349 e. The molecule has 2 aromatic rings. The van der Waals surface area contributed by atoms with Crippen LogP contribution < -0.4 is 10.6 Å². The number of carbonyl (C=O) groups excluding carboxylic acids is 1. The minimum atomic E-state index is -0.286. The first kappa shape index (κ1) is 20.0.